The zero-order valence-corrected chi connectivity index (χ0v) is 15.3. The molecule has 2 atom stereocenters. The zero-order valence-electron chi connectivity index (χ0n) is 15.3. The van der Waals surface area contributed by atoms with E-state index in [1.165, 1.54) is 12.0 Å². The first kappa shape index (κ1) is 18.2. The summed E-state index contributed by atoms with van der Waals surface area (Å²) >= 11 is 0. The fourth-order valence-corrected chi connectivity index (χ4v) is 3.77. The van der Waals surface area contributed by atoms with Gasteiger partial charge in [-0.05, 0) is 24.3 Å². The lowest BCUT2D eigenvalue weighted by molar-refractivity contribution is 0.119. The first-order valence-electron chi connectivity index (χ1n) is 9.64. The molecule has 1 aromatic carbocycles. The fourth-order valence-electron chi connectivity index (χ4n) is 3.77. The summed E-state index contributed by atoms with van der Waals surface area (Å²) in [6.45, 7) is 9.39. The molecule has 2 heterocycles. The first-order chi connectivity index (χ1) is 12.3. The molecule has 25 heavy (non-hydrogen) atoms. The molecule has 2 saturated heterocycles. The van der Waals surface area contributed by atoms with Crippen LogP contribution in [-0.4, -0.2) is 68.3 Å². The van der Waals surface area contributed by atoms with Crippen LogP contribution in [0.5, 0.6) is 0 Å². The Balaban J connectivity index is 1.40. The van der Waals surface area contributed by atoms with Crippen LogP contribution < -0.4 is 5.32 Å². The summed E-state index contributed by atoms with van der Waals surface area (Å²) in [5.41, 5.74) is 1.30. The van der Waals surface area contributed by atoms with Gasteiger partial charge in [0.05, 0.1) is 6.61 Å². The number of nitrogens with zero attached hydrogens (tertiary/aromatic N) is 2. The number of hydrogen-bond acceptors (Lipinski definition) is 3. The van der Waals surface area contributed by atoms with E-state index in [-0.39, 0.29) is 6.03 Å². The van der Waals surface area contributed by atoms with Gasteiger partial charge in [0.25, 0.3) is 0 Å². The molecule has 2 fully saturated rings. The molecule has 0 spiro atoms. The number of carbonyl (C=O) groups is 1. The van der Waals surface area contributed by atoms with Crippen molar-refractivity contribution >= 4 is 6.03 Å². The van der Waals surface area contributed by atoms with Crippen LogP contribution in [0.3, 0.4) is 0 Å². The maximum absolute atomic E-state index is 12.5. The Kier molecular flexibility index (Phi) is 6.70. The number of piperazine rings is 1. The smallest absolute Gasteiger partial charge is 0.317 e. The molecule has 0 saturated carbocycles. The molecule has 1 aromatic rings. The maximum atomic E-state index is 12.5. The van der Waals surface area contributed by atoms with Crippen molar-refractivity contribution in [2.45, 2.75) is 25.7 Å². The van der Waals surface area contributed by atoms with Gasteiger partial charge in [-0.2, -0.15) is 0 Å². The van der Waals surface area contributed by atoms with Crippen LogP contribution in [0.25, 0.3) is 0 Å². The van der Waals surface area contributed by atoms with Crippen LogP contribution in [0.15, 0.2) is 30.3 Å². The van der Waals surface area contributed by atoms with Gasteiger partial charge in [-0.3, -0.25) is 4.90 Å². The molecule has 0 bridgehead atoms. The molecule has 0 aliphatic carbocycles. The van der Waals surface area contributed by atoms with E-state index in [9.17, 15) is 4.79 Å². The number of benzene rings is 1. The molecular formula is C20H31N3O2. The van der Waals surface area contributed by atoms with Crippen molar-refractivity contribution < 1.29 is 9.53 Å². The van der Waals surface area contributed by atoms with Gasteiger partial charge < -0.3 is 15.0 Å². The molecule has 5 heteroatoms. The second-order valence-electron chi connectivity index (χ2n) is 7.22. The Hall–Kier alpha value is -1.59. The van der Waals surface area contributed by atoms with E-state index >= 15 is 0 Å². The van der Waals surface area contributed by atoms with Gasteiger partial charge in [-0.25, -0.2) is 4.79 Å². The summed E-state index contributed by atoms with van der Waals surface area (Å²) < 4.78 is 5.46. The lowest BCUT2D eigenvalue weighted by Crippen LogP contribution is -2.52. The highest BCUT2D eigenvalue weighted by Crippen LogP contribution is 2.18. The van der Waals surface area contributed by atoms with E-state index in [2.05, 4.69) is 41.4 Å². The second kappa shape index (κ2) is 9.20. The summed E-state index contributed by atoms with van der Waals surface area (Å²) in [5.74, 6) is 1.06. The summed E-state index contributed by atoms with van der Waals surface area (Å²) in [4.78, 5) is 16.9. The monoisotopic (exact) mass is 345 g/mol. The molecule has 138 valence electrons. The van der Waals surface area contributed by atoms with E-state index in [0.29, 0.717) is 18.4 Å². The van der Waals surface area contributed by atoms with Crippen molar-refractivity contribution in [3.05, 3.63) is 35.9 Å². The number of carbonyl (C=O) groups excluding carboxylic acids is 1. The van der Waals surface area contributed by atoms with Crippen molar-refractivity contribution in [3.8, 4) is 0 Å². The predicted octanol–water partition coefficient (Wildman–Crippen LogP) is 2.54. The Labute approximate surface area is 151 Å². The number of hydrogen-bond donors (Lipinski definition) is 1. The van der Waals surface area contributed by atoms with Gasteiger partial charge in [0, 0.05) is 51.8 Å². The van der Waals surface area contributed by atoms with Crippen molar-refractivity contribution in [1.29, 1.82) is 0 Å². The minimum atomic E-state index is 0.0817. The number of amides is 2. The van der Waals surface area contributed by atoms with E-state index in [1.54, 1.807) is 0 Å². The zero-order chi connectivity index (χ0) is 17.5. The summed E-state index contributed by atoms with van der Waals surface area (Å²) in [7, 11) is 0. The Morgan fingerprint density at radius 1 is 1.24 bits per heavy atom. The molecule has 2 amide bonds. The van der Waals surface area contributed by atoms with Crippen molar-refractivity contribution in [3.63, 3.8) is 0 Å². The highest BCUT2D eigenvalue weighted by Gasteiger charge is 2.25. The van der Waals surface area contributed by atoms with Gasteiger partial charge in [-0.1, -0.05) is 37.3 Å². The van der Waals surface area contributed by atoms with Crippen LogP contribution in [0.1, 0.15) is 31.2 Å². The van der Waals surface area contributed by atoms with Gasteiger partial charge in [-0.15, -0.1) is 0 Å². The third-order valence-electron chi connectivity index (χ3n) is 5.46. The van der Waals surface area contributed by atoms with Crippen LogP contribution in [0, 0.1) is 5.92 Å². The third kappa shape index (κ3) is 5.19. The molecule has 3 rings (SSSR count). The molecule has 0 radical (unpaired) electrons. The predicted molar refractivity (Wildman–Crippen MR) is 99.8 cm³/mol. The van der Waals surface area contributed by atoms with E-state index in [0.717, 1.165) is 52.4 Å². The van der Waals surface area contributed by atoms with Crippen molar-refractivity contribution in [2.24, 2.45) is 5.92 Å². The molecule has 2 aliphatic rings. The number of nitrogens with one attached hydrogen (secondary N) is 1. The summed E-state index contributed by atoms with van der Waals surface area (Å²) in [6.07, 6.45) is 2.21. The van der Waals surface area contributed by atoms with Gasteiger partial charge >= 0.3 is 6.03 Å². The lowest BCUT2D eigenvalue weighted by atomic mass is 9.97. The van der Waals surface area contributed by atoms with Crippen molar-refractivity contribution in [2.75, 3.05) is 52.5 Å². The van der Waals surface area contributed by atoms with Crippen molar-refractivity contribution in [1.82, 2.24) is 15.1 Å². The van der Waals surface area contributed by atoms with Crippen LogP contribution in [0.2, 0.25) is 0 Å². The average Bonchev–Trinajstić information content (AvgIpc) is 3.16. The normalized spacial score (nSPS) is 22.8. The lowest BCUT2D eigenvalue weighted by Gasteiger charge is -2.36. The second-order valence-corrected chi connectivity index (χ2v) is 7.22. The number of ether oxygens (including phenoxy) is 1. The minimum absolute atomic E-state index is 0.0817. The maximum Gasteiger partial charge on any atom is 0.317 e. The Morgan fingerprint density at radius 3 is 2.64 bits per heavy atom. The highest BCUT2D eigenvalue weighted by atomic mass is 16.5. The van der Waals surface area contributed by atoms with Gasteiger partial charge in [0.1, 0.15) is 0 Å². The third-order valence-corrected chi connectivity index (χ3v) is 5.46. The Morgan fingerprint density at radius 2 is 2.00 bits per heavy atom. The van der Waals surface area contributed by atoms with Crippen LogP contribution in [0.4, 0.5) is 4.79 Å². The minimum Gasteiger partial charge on any atom is -0.381 e. The van der Waals surface area contributed by atoms with Crippen LogP contribution in [-0.2, 0) is 4.74 Å². The fraction of sp³-hybridized carbons (Fsp3) is 0.650. The van der Waals surface area contributed by atoms with E-state index in [4.69, 9.17) is 4.74 Å². The molecule has 0 aromatic heterocycles. The molecule has 5 nitrogen and oxygen atoms in total. The average molecular weight is 345 g/mol. The number of urea groups is 1. The topological polar surface area (TPSA) is 44.8 Å². The van der Waals surface area contributed by atoms with Crippen LogP contribution >= 0.6 is 0 Å². The Bertz CT molecular complexity index is 523. The standard InChI is InChI=1S/C20H31N3O2/c1-2-18(19-6-4-3-5-7-19)14-21-20(24)23-11-9-22(10-12-23)15-17-8-13-25-16-17/h3-7,17-18H,2,8-16H2,1H3,(H,21,24)/t17-,18-/m1/s1. The molecular weight excluding hydrogens is 314 g/mol. The largest absolute Gasteiger partial charge is 0.381 e. The quantitative estimate of drug-likeness (QED) is 0.862. The SMILES string of the molecule is CC[C@H](CNC(=O)N1CCN(C[C@H]2CCOC2)CC1)c1ccccc1. The summed E-state index contributed by atoms with van der Waals surface area (Å²) in [6, 6.07) is 10.5. The van der Waals surface area contributed by atoms with E-state index in [1.807, 2.05) is 11.0 Å². The number of rotatable bonds is 6. The molecule has 1 N–H and O–H groups in total. The van der Waals surface area contributed by atoms with Gasteiger partial charge in [0.15, 0.2) is 0 Å². The first-order valence-corrected chi connectivity index (χ1v) is 9.64. The highest BCUT2D eigenvalue weighted by molar-refractivity contribution is 5.74. The summed E-state index contributed by atoms with van der Waals surface area (Å²) in [5, 5.41) is 3.14. The molecule has 2 aliphatic heterocycles. The van der Waals surface area contributed by atoms with E-state index < -0.39 is 0 Å². The van der Waals surface area contributed by atoms with Gasteiger partial charge in [0.2, 0.25) is 0 Å². The molecule has 0 unspecified atom stereocenters.